The smallest absolute Gasteiger partial charge is 0.410 e. The third-order valence-corrected chi connectivity index (χ3v) is 4.42. The Balaban J connectivity index is 1.73. The SMILES string of the molecule is CC(C)(C)OC(=O)N1CC2CCC[C@H]1C[C@@]21CO1. The summed E-state index contributed by atoms with van der Waals surface area (Å²) in [6, 6.07) is 0.320. The van der Waals surface area contributed by atoms with Gasteiger partial charge in [-0.1, -0.05) is 6.42 Å². The first kappa shape index (κ1) is 12.3. The number of rotatable bonds is 0. The van der Waals surface area contributed by atoms with Gasteiger partial charge >= 0.3 is 6.09 Å². The molecular weight excluding hydrogens is 230 g/mol. The molecule has 1 saturated carbocycles. The molecule has 1 aliphatic carbocycles. The van der Waals surface area contributed by atoms with Crippen molar-refractivity contribution >= 4 is 6.09 Å². The predicted molar refractivity (Wildman–Crippen MR) is 67.4 cm³/mol. The van der Waals surface area contributed by atoms with E-state index in [9.17, 15) is 4.79 Å². The molecule has 2 bridgehead atoms. The van der Waals surface area contributed by atoms with Gasteiger partial charge in [0, 0.05) is 18.5 Å². The van der Waals surface area contributed by atoms with E-state index in [1.165, 1.54) is 12.8 Å². The Morgan fingerprint density at radius 2 is 2.11 bits per heavy atom. The van der Waals surface area contributed by atoms with Crippen LogP contribution in [0, 0.1) is 5.92 Å². The van der Waals surface area contributed by atoms with Crippen LogP contribution in [0.25, 0.3) is 0 Å². The second-order valence-electron chi connectivity index (χ2n) is 6.97. The first-order valence-electron chi connectivity index (χ1n) is 7.03. The quantitative estimate of drug-likeness (QED) is 0.623. The summed E-state index contributed by atoms with van der Waals surface area (Å²) in [4.78, 5) is 14.2. The Kier molecular flexibility index (Phi) is 2.63. The number of carbonyl (C=O) groups is 1. The average Bonchev–Trinajstić information content (AvgIpc) is 3.02. The number of ether oxygens (including phenoxy) is 2. The molecule has 4 fully saturated rings. The van der Waals surface area contributed by atoms with E-state index in [-0.39, 0.29) is 11.7 Å². The number of piperidine rings is 1. The van der Waals surface area contributed by atoms with Gasteiger partial charge in [-0.15, -0.1) is 0 Å². The van der Waals surface area contributed by atoms with E-state index in [0.29, 0.717) is 12.0 Å². The lowest BCUT2D eigenvalue weighted by Gasteiger charge is -2.40. The zero-order chi connectivity index (χ0) is 13.0. The molecule has 0 aromatic heterocycles. The van der Waals surface area contributed by atoms with Crippen LogP contribution in [0.4, 0.5) is 4.79 Å². The molecule has 3 atom stereocenters. The predicted octanol–water partition coefficient (Wildman–Crippen LogP) is 2.56. The number of carbonyl (C=O) groups excluding carboxylic acids is 1. The van der Waals surface area contributed by atoms with Crippen molar-refractivity contribution < 1.29 is 14.3 Å². The summed E-state index contributed by atoms with van der Waals surface area (Å²) in [5, 5.41) is 0. The zero-order valence-corrected chi connectivity index (χ0v) is 11.6. The summed E-state index contributed by atoms with van der Waals surface area (Å²) < 4.78 is 11.2. The minimum absolute atomic E-state index is 0.125. The Morgan fingerprint density at radius 1 is 1.39 bits per heavy atom. The fourth-order valence-corrected chi connectivity index (χ4v) is 3.43. The van der Waals surface area contributed by atoms with E-state index in [0.717, 1.165) is 26.0 Å². The van der Waals surface area contributed by atoms with Crippen LogP contribution in [0.15, 0.2) is 0 Å². The molecule has 0 N–H and O–H groups in total. The van der Waals surface area contributed by atoms with Crippen LogP contribution < -0.4 is 0 Å². The molecule has 102 valence electrons. The Hall–Kier alpha value is -0.770. The molecule has 4 nitrogen and oxygen atoms in total. The fourth-order valence-electron chi connectivity index (χ4n) is 3.43. The fraction of sp³-hybridized carbons (Fsp3) is 0.929. The van der Waals surface area contributed by atoms with E-state index in [4.69, 9.17) is 9.47 Å². The highest BCUT2D eigenvalue weighted by atomic mass is 16.6. The van der Waals surface area contributed by atoms with E-state index in [2.05, 4.69) is 0 Å². The summed E-state index contributed by atoms with van der Waals surface area (Å²) >= 11 is 0. The van der Waals surface area contributed by atoms with Crippen LogP contribution in [0.5, 0.6) is 0 Å². The van der Waals surface area contributed by atoms with Crippen LogP contribution in [0.1, 0.15) is 46.5 Å². The lowest BCUT2D eigenvalue weighted by Crippen LogP contribution is -2.52. The molecule has 1 amide bonds. The van der Waals surface area contributed by atoms with Crippen molar-refractivity contribution in [3.8, 4) is 0 Å². The van der Waals surface area contributed by atoms with Crippen molar-refractivity contribution in [3.63, 3.8) is 0 Å². The molecule has 1 unspecified atom stereocenters. The average molecular weight is 253 g/mol. The lowest BCUT2D eigenvalue weighted by molar-refractivity contribution is -0.00699. The molecule has 1 spiro atoms. The molecule has 3 saturated heterocycles. The normalized spacial score (nSPS) is 38.7. The second-order valence-corrected chi connectivity index (χ2v) is 6.97. The monoisotopic (exact) mass is 253 g/mol. The maximum atomic E-state index is 12.3. The van der Waals surface area contributed by atoms with Crippen molar-refractivity contribution in [1.82, 2.24) is 4.90 Å². The summed E-state index contributed by atoms with van der Waals surface area (Å²) in [6.45, 7) is 7.49. The third kappa shape index (κ3) is 2.11. The van der Waals surface area contributed by atoms with Crippen molar-refractivity contribution in [1.29, 1.82) is 0 Å². The molecule has 3 aliphatic heterocycles. The van der Waals surface area contributed by atoms with Crippen LogP contribution >= 0.6 is 0 Å². The Bertz CT molecular complexity index is 357. The molecule has 0 aromatic rings. The summed E-state index contributed by atoms with van der Waals surface area (Å²) in [6.07, 6.45) is 4.36. The molecule has 3 heterocycles. The summed E-state index contributed by atoms with van der Waals surface area (Å²) in [5.74, 6) is 0.517. The van der Waals surface area contributed by atoms with Gasteiger partial charge in [0.15, 0.2) is 0 Å². The van der Waals surface area contributed by atoms with Gasteiger partial charge in [0.1, 0.15) is 5.60 Å². The minimum Gasteiger partial charge on any atom is -0.444 e. The van der Waals surface area contributed by atoms with Crippen molar-refractivity contribution in [2.45, 2.75) is 63.7 Å². The van der Waals surface area contributed by atoms with Crippen molar-refractivity contribution in [2.24, 2.45) is 5.92 Å². The van der Waals surface area contributed by atoms with Gasteiger partial charge < -0.3 is 14.4 Å². The number of hydrogen-bond acceptors (Lipinski definition) is 3. The largest absolute Gasteiger partial charge is 0.444 e. The lowest BCUT2D eigenvalue weighted by atomic mass is 9.83. The summed E-state index contributed by atoms with van der Waals surface area (Å²) in [7, 11) is 0. The van der Waals surface area contributed by atoms with E-state index < -0.39 is 5.60 Å². The molecule has 4 heteroatoms. The number of nitrogens with zero attached hydrogens (tertiary/aromatic N) is 1. The van der Waals surface area contributed by atoms with Gasteiger partial charge in [0.25, 0.3) is 0 Å². The third-order valence-electron chi connectivity index (χ3n) is 4.42. The standard InChI is InChI=1S/C14H23NO3/c1-13(2,3)18-12(16)15-8-10-5-4-6-11(15)7-14(10)9-17-14/h10-11H,4-9H2,1-3H3/t10?,11-,14+/m0/s1. The maximum Gasteiger partial charge on any atom is 0.410 e. The summed E-state index contributed by atoms with van der Waals surface area (Å²) in [5.41, 5.74) is -0.282. The molecule has 18 heavy (non-hydrogen) atoms. The number of epoxide rings is 1. The Morgan fingerprint density at radius 3 is 2.72 bits per heavy atom. The van der Waals surface area contributed by atoms with Gasteiger partial charge in [-0.05, 0) is 40.0 Å². The van der Waals surface area contributed by atoms with Crippen LogP contribution in [-0.2, 0) is 9.47 Å². The van der Waals surface area contributed by atoms with Gasteiger partial charge in [-0.25, -0.2) is 4.79 Å². The second kappa shape index (κ2) is 3.86. The molecule has 4 aliphatic rings. The molecule has 0 aromatic carbocycles. The first-order valence-corrected chi connectivity index (χ1v) is 7.03. The van der Waals surface area contributed by atoms with Crippen LogP contribution in [-0.4, -0.2) is 41.4 Å². The van der Waals surface area contributed by atoms with Crippen molar-refractivity contribution in [2.75, 3.05) is 13.2 Å². The highest BCUT2D eigenvalue weighted by molar-refractivity contribution is 5.69. The number of fused-ring (bicyclic) bond motifs is 3. The topological polar surface area (TPSA) is 42.1 Å². The van der Waals surface area contributed by atoms with Crippen molar-refractivity contribution in [3.05, 3.63) is 0 Å². The van der Waals surface area contributed by atoms with E-state index in [1.54, 1.807) is 0 Å². The molecule has 4 rings (SSSR count). The Labute approximate surface area is 109 Å². The van der Waals surface area contributed by atoms with Gasteiger partial charge in [0.05, 0.1) is 12.2 Å². The molecular formula is C14H23NO3. The van der Waals surface area contributed by atoms with E-state index in [1.807, 2.05) is 25.7 Å². The first-order chi connectivity index (χ1) is 8.40. The van der Waals surface area contributed by atoms with Crippen LogP contribution in [0.2, 0.25) is 0 Å². The zero-order valence-electron chi connectivity index (χ0n) is 11.6. The van der Waals surface area contributed by atoms with Gasteiger partial charge in [-0.2, -0.15) is 0 Å². The van der Waals surface area contributed by atoms with Gasteiger partial charge in [0.2, 0.25) is 0 Å². The number of hydrogen-bond donors (Lipinski definition) is 0. The highest BCUT2D eigenvalue weighted by Gasteiger charge is 2.58. The number of amides is 1. The van der Waals surface area contributed by atoms with Gasteiger partial charge in [-0.3, -0.25) is 0 Å². The maximum absolute atomic E-state index is 12.3. The van der Waals surface area contributed by atoms with E-state index >= 15 is 0 Å². The minimum atomic E-state index is -0.406. The highest BCUT2D eigenvalue weighted by Crippen LogP contribution is 2.49. The molecule has 0 radical (unpaired) electrons. The van der Waals surface area contributed by atoms with Crippen LogP contribution in [0.3, 0.4) is 0 Å².